The Kier molecular flexibility index (Phi) is 4.35. The zero-order valence-corrected chi connectivity index (χ0v) is 15.2. The van der Waals surface area contributed by atoms with Gasteiger partial charge in [-0.3, -0.25) is 4.79 Å². The fourth-order valence-electron chi connectivity index (χ4n) is 3.83. The summed E-state index contributed by atoms with van der Waals surface area (Å²) in [6, 6.07) is 4.17. The lowest BCUT2D eigenvalue weighted by Crippen LogP contribution is -2.37. The standard InChI is InChI=1S/C20H20F2N2O2/c1-10-12(9-23)17(18-13(21)5-11(26-4)6-14(18)22)19-15(24-10)7-20(2,3)8-16(19)25/h5-6,17,24H,7-8H2,1-4H3/t17-/m0/s1. The monoisotopic (exact) mass is 358 g/mol. The molecule has 3 rings (SSSR count). The van der Waals surface area contributed by atoms with Gasteiger partial charge in [-0.25, -0.2) is 8.78 Å². The number of allylic oxidation sites excluding steroid dienone is 4. The molecule has 1 aromatic carbocycles. The molecule has 1 aliphatic carbocycles. The van der Waals surface area contributed by atoms with Crippen LogP contribution < -0.4 is 10.1 Å². The van der Waals surface area contributed by atoms with Gasteiger partial charge in [0.15, 0.2) is 5.78 Å². The number of carbonyl (C=O) groups excluding carboxylic acids is 1. The van der Waals surface area contributed by atoms with Crippen LogP contribution in [0.3, 0.4) is 0 Å². The molecule has 0 bridgehead atoms. The average molecular weight is 358 g/mol. The summed E-state index contributed by atoms with van der Waals surface area (Å²) >= 11 is 0. The van der Waals surface area contributed by atoms with Crippen molar-refractivity contribution in [3.63, 3.8) is 0 Å². The summed E-state index contributed by atoms with van der Waals surface area (Å²) in [6.07, 6.45) is 0.835. The molecule has 0 fully saturated rings. The number of methoxy groups -OCH3 is 1. The van der Waals surface area contributed by atoms with Crippen LogP contribution in [0, 0.1) is 28.4 Å². The van der Waals surface area contributed by atoms with Crippen LogP contribution in [0.4, 0.5) is 8.78 Å². The first-order chi connectivity index (χ1) is 12.2. The molecule has 0 aromatic heterocycles. The van der Waals surface area contributed by atoms with E-state index in [1.165, 1.54) is 7.11 Å². The Labute approximate surface area is 151 Å². The number of benzene rings is 1. The van der Waals surface area contributed by atoms with E-state index in [2.05, 4.69) is 5.32 Å². The Balaban J connectivity index is 2.26. The van der Waals surface area contributed by atoms with Gasteiger partial charge < -0.3 is 10.1 Å². The maximum absolute atomic E-state index is 14.8. The van der Waals surface area contributed by atoms with Crippen molar-refractivity contribution in [1.29, 1.82) is 5.26 Å². The molecule has 1 aromatic rings. The van der Waals surface area contributed by atoms with Crippen molar-refractivity contribution in [3.8, 4) is 11.8 Å². The highest BCUT2D eigenvalue weighted by atomic mass is 19.1. The van der Waals surface area contributed by atoms with E-state index in [1.807, 2.05) is 19.9 Å². The first-order valence-corrected chi connectivity index (χ1v) is 8.35. The lowest BCUT2D eigenvalue weighted by atomic mass is 9.68. The number of ketones is 1. The van der Waals surface area contributed by atoms with Crippen molar-refractivity contribution in [2.24, 2.45) is 5.41 Å². The maximum Gasteiger partial charge on any atom is 0.162 e. The summed E-state index contributed by atoms with van der Waals surface area (Å²) in [4.78, 5) is 12.8. The molecule has 1 atom stereocenters. The molecule has 0 amide bonds. The van der Waals surface area contributed by atoms with E-state index in [4.69, 9.17) is 4.74 Å². The van der Waals surface area contributed by atoms with Gasteiger partial charge in [-0.2, -0.15) is 5.26 Å². The quantitative estimate of drug-likeness (QED) is 0.865. The van der Waals surface area contributed by atoms with Gasteiger partial charge in [0, 0.05) is 41.1 Å². The zero-order chi connectivity index (χ0) is 19.2. The number of halogens is 2. The number of carbonyl (C=O) groups is 1. The van der Waals surface area contributed by atoms with Gasteiger partial charge in [-0.15, -0.1) is 0 Å². The van der Waals surface area contributed by atoms with Crippen molar-refractivity contribution < 1.29 is 18.3 Å². The summed E-state index contributed by atoms with van der Waals surface area (Å²) in [7, 11) is 1.32. The van der Waals surface area contributed by atoms with Gasteiger partial charge in [0.1, 0.15) is 17.4 Å². The van der Waals surface area contributed by atoms with Crippen LogP contribution in [-0.4, -0.2) is 12.9 Å². The van der Waals surface area contributed by atoms with Crippen molar-refractivity contribution >= 4 is 5.78 Å². The normalized spacial score (nSPS) is 21.9. The van der Waals surface area contributed by atoms with Crippen molar-refractivity contribution in [3.05, 3.63) is 51.9 Å². The molecule has 1 aliphatic heterocycles. The molecule has 4 nitrogen and oxygen atoms in total. The van der Waals surface area contributed by atoms with E-state index < -0.39 is 17.6 Å². The number of rotatable bonds is 2. The Bertz CT molecular complexity index is 884. The third-order valence-electron chi connectivity index (χ3n) is 4.94. The topological polar surface area (TPSA) is 62.1 Å². The molecule has 6 heteroatoms. The molecular formula is C20H20F2N2O2. The van der Waals surface area contributed by atoms with Crippen LogP contribution in [0.1, 0.15) is 45.1 Å². The van der Waals surface area contributed by atoms with Crippen LogP contribution in [0.5, 0.6) is 5.75 Å². The Morgan fingerprint density at radius 2 is 1.88 bits per heavy atom. The molecule has 26 heavy (non-hydrogen) atoms. The Hall–Kier alpha value is -2.68. The summed E-state index contributed by atoms with van der Waals surface area (Å²) < 4.78 is 34.4. The number of Topliss-reactive ketones (excluding diaryl/α,β-unsaturated/α-hetero) is 1. The molecule has 0 unspecified atom stereocenters. The summed E-state index contributed by atoms with van der Waals surface area (Å²) in [6.45, 7) is 5.62. The van der Waals surface area contributed by atoms with E-state index in [-0.39, 0.29) is 40.1 Å². The smallest absolute Gasteiger partial charge is 0.162 e. The fourth-order valence-corrected chi connectivity index (χ4v) is 3.83. The molecule has 0 radical (unpaired) electrons. The number of hydrogen-bond donors (Lipinski definition) is 1. The fraction of sp³-hybridized carbons (Fsp3) is 0.400. The summed E-state index contributed by atoms with van der Waals surface area (Å²) in [5, 5.41) is 12.7. The highest BCUT2D eigenvalue weighted by Crippen LogP contribution is 2.47. The minimum Gasteiger partial charge on any atom is -0.497 e. The van der Waals surface area contributed by atoms with Crippen LogP contribution >= 0.6 is 0 Å². The van der Waals surface area contributed by atoms with Gasteiger partial charge in [-0.05, 0) is 18.8 Å². The highest BCUT2D eigenvalue weighted by molar-refractivity contribution is 6.00. The highest BCUT2D eigenvalue weighted by Gasteiger charge is 2.42. The molecule has 1 heterocycles. The van der Waals surface area contributed by atoms with Crippen LogP contribution in [-0.2, 0) is 4.79 Å². The van der Waals surface area contributed by atoms with E-state index in [0.717, 1.165) is 12.1 Å². The largest absolute Gasteiger partial charge is 0.497 e. The van der Waals surface area contributed by atoms with Crippen molar-refractivity contribution in [1.82, 2.24) is 5.32 Å². The molecule has 1 N–H and O–H groups in total. The number of nitriles is 1. The predicted molar refractivity (Wildman–Crippen MR) is 92.1 cm³/mol. The van der Waals surface area contributed by atoms with Crippen LogP contribution in [0.25, 0.3) is 0 Å². The van der Waals surface area contributed by atoms with Gasteiger partial charge in [0.05, 0.1) is 24.7 Å². The van der Waals surface area contributed by atoms with E-state index >= 15 is 0 Å². The van der Waals surface area contributed by atoms with E-state index in [1.54, 1.807) is 6.92 Å². The summed E-state index contributed by atoms with van der Waals surface area (Å²) in [5.74, 6) is -2.87. The zero-order valence-electron chi connectivity index (χ0n) is 15.2. The third-order valence-corrected chi connectivity index (χ3v) is 4.94. The van der Waals surface area contributed by atoms with Gasteiger partial charge >= 0.3 is 0 Å². The molecule has 0 spiro atoms. The first-order valence-electron chi connectivity index (χ1n) is 8.35. The Morgan fingerprint density at radius 3 is 2.42 bits per heavy atom. The lowest BCUT2D eigenvalue weighted by molar-refractivity contribution is -0.118. The number of hydrogen-bond acceptors (Lipinski definition) is 4. The summed E-state index contributed by atoms with van der Waals surface area (Å²) in [5.41, 5.74) is 1.05. The molecular weight excluding hydrogens is 338 g/mol. The number of dihydropyridines is 1. The molecule has 0 saturated heterocycles. The molecule has 0 saturated carbocycles. The maximum atomic E-state index is 14.8. The number of ether oxygens (including phenoxy) is 1. The van der Waals surface area contributed by atoms with Crippen LogP contribution in [0.2, 0.25) is 0 Å². The SMILES string of the molecule is COc1cc(F)c([C@@H]2C(C#N)=C(C)NC3=C2C(=O)CC(C)(C)C3)c(F)c1. The number of nitrogens with one attached hydrogen (secondary N) is 1. The minimum absolute atomic E-state index is 0.0437. The van der Waals surface area contributed by atoms with E-state index in [0.29, 0.717) is 17.8 Å². The van der Waals surface area contributed by atoms with E-state index in [9.17, 15) is 18.8 Å². The lowest BCUT2D eigenvalue weighted by Gasteiger charge is -2.38. The van der Waals surface area contributed by atoms with Crippen molar-refractivity contribution in [2.75, 3.05) is 7.11 Å². The molecule has 136 valence electrons. The molecule has 2 aliphatic rings. The minimum atomic E-state index is -1.05. The first kappa shape index (κ1) is 18.1. The second kappa shape index (κ2) is 6.24. The van der Waals surface area contributed by atoms with Gasteiger partial charge in [-0.1, -0.05) is 13.8 Å². The van der Waals surface area contributed by atoms with Crippen molar-refractivity contribution in [2.45, 2.75) is 39.5 Å². The Morgan fingerprint density at radius 1 is 1.27 bits per heavy atom. The average Bonchev–Trinajstić information content (AvgIpc) is 2.52. The third kappa shape index (κ3) is 2.88. The van der Waals surface area contributed by atoms with Gasteiger partial charge in [0.2, 0.25) is 0 Å². The van der Waals surface area contributed by atoms with Gasteiger partial charge in [0.25, 0.3) is 0 Å². The van der Waals surface area contributed by atoms with Crippen LogP contribution in [0.15, 0.2) is 34.7 Å². The number of nitrogens with zero attached hydrogens (tertiary/aromatic N) is 1. The second-order valence-corrected chi connectivity index (χ2v) is 7.55. The predicted octanol–water partition coefficient (Wildman–Crippen LogP) is 4.10. The second-order valence-electron chi connectivity index (χ2n) is 7.55.